The Kier molecular flexibility index (Phi) is 4.06. The molecule has 2 rings (SSSR count). The fourth-order valence-electron chi connectivity index (χ4n) is 2.17. The van der Waals surface area contributed by atoms with Gasteiger partial charge in [-0.3, -0.25) is 0 Å². The summed E-state index contributed by atoms with van der Waals surface area (Å²) in [5, 5.41) is 9.56. The molecular formula is C12H17ClN2O3S. The Balaban J connectivity index is 2.14. The third-order valence-electron chi connectivity index (χ3n) is 3.40. The first kappa shape index (κ1) is 14.6. The average molecular weight is 305 g/mol. The number of aliphatic hydroxyl groups excluding tert-OH is 1. The molecule has 1 aromatic rings. The number of nitrogens with two attached hydrogens (primary N) is 1. The third kappa shape index (κ3) is 3.02. The minimum absolute atomic E-state index is 0.136. The van der Waals surface area contributed by atoms with E-state index in [1.165, 1.54) is 29.6 Å². The van der Waals surface area contributed by atoms with Gasteiger partial charge in [-0.05, 0) is 37.0 Å². The van der Waals surface area contributed by atoms with E-state index in [0.717, 1.165) is 0 Å². The van der Waals surface area contributed by atoms with E-state index in [9.17, 15) is 13.5 Å². The molecule has 0 saturated heterocycles. The molecule has 1 saturated carbocycles. The van der Waals surface area contributed by atoms with Crippen molar-refractivity contribution in [1.82, 2.24) is 4.31 Å². The van der Waals surface area contributed by atoms with E-state index in [0.29, 0.717) is 24.4 Å². The highest BCUT2D eigenvalue weighted by atomic mass is 35.5. The second kappa shape index (κ2) is 5.28. The predicted molar refractivity (Wildman–Crippen MR) is 74.4 cm³/mol. The van der Waals surface area contributed by atoms with E-state index in [1.807, 2.05) is 0 Å². The lowest BCUT2D eigenvalue weighted by Crippen LogP contribution is -2.39. The van der Waals surface area contributed by atoms with E-state index < -0.39 is 10.0 Å². The Morgan fingerprint density at radius 1 is 1.47 bits per heavy atom. The summed E-state index contributed by atoms with van der Waals surface area (Å²) in [5.41, 5.74) is 5.87. The second-order valence-corrected chi connectivity index (χ2v) is 7.41. The van der Waals surface area contributed by atoms with E-state index >= 15 is 0 Å². The number of nitrogens with zero attached hydrogens (tertiary/aromatic N) is 1. The molecule has 1 aliphatic carbocycles. The van der Waals surface area contributed by atoms with E-state index in [4.69, 9.17) is 17.3 Å². The van der Waals surface area contributed by atoms with Gasteiger partial charge < -0.3 is 10.8 Å². The predicted octanol–water partition coefficient (Wildman–Crippen LogP) is 1.31. The SMILES string of the molecule is CN(CC1CC(O)C1)S(=O)(=O)c1ccc(Cl)c(N)c1. The van der Waals surface area contributed by atoms with Crippen molar-refractivity contribution in [3.05, 3.63) is 23.2 Å². The summed E-state index contributed by atoms with van der Waals surface area (Å²) in [7, 11) is -2.02. The summed E-state index contributed by atoms with van der Waals surface area (Å²) >= 11 is 5.78. The molecule has 5 nitrogen and oxygen atoms in total. The summed E-state index contributed by atoms with van der Waals surface area (Å²) in [6, 6.07) is 4.29. The first-order valence-corrected chi connectivity index (χ1v) is 7.82. The van der Waals surface area contributed by atoms with Crippen LogP contribution in [0.25, 0.3) is 0 Å². The molecule has 1 fully saturated rings. The zero-order valence-electron chi connectivity index (χ0n) is 10.6. The monoisotopic (exact) mass is 304 g/mol. The Hall–Kier alpha value is -0.820. The van der Waals surface area contributed by atoms with Gasteiger partial charge in [0.25, 0.3) is 0 Å². The Bertz CT molecular complexity index is 570. The van der Waals surface area contributed by atoms with Crippen LogP contribution in [0.2, 0.25) is 5.02 Å². The molecular weight excluding hydrogens is 288 g/mol. The van der Waals surface area contributed by atoms with Crippen LogP contribution in [0, 0.1) is 5.92 Å². The molecule has 0 radical (unpaired) electrons. The molecule has 0 aliphatic heterocycles. The van der Waals surface area contributed by atoms with E-state index in [-0.39, 0.29) is 22.6 Å². The van der Waals surface area contributed by atoms with Crippen LogP contribution >= 0.6 is 11.6 Å². The van der Waals surface area contributed by atoms with Crippen LogP contribution in [-0.2, 0) is 10.0 Å². The molecule has 0 unspecified atom stereocenters. The van der Waals surface area contributed by atoms with Gasteiger partial charge in [0, 0.05) is 13.6 Å². The maximum Gasteiger partial charge on any atom is 0.242 e. The van der Waals surface area contributed by atoms with Crippen LogP contribution < -0.4 is 5.73 Å². The molecule has 3 N–H and O–H groups in total. The normalized spacial score (nSPS) is 23.4. The van der Waals surface area contributed by atoms with Crippen molar-refractivity contribution in [3.8, 4) is 0 Å². The highest BCUT2D eigenvalue weighted by Gasteiger charge is 2.31. The van der Waals surface area contributed by atoms with Crippen molar-refractivity contribution < 1.29 is 13.5 Å². The molecule has 1 aliphatic rings. The number of hydrogen-bond acceptors (Lipinski definition) is 4. The lowest BCUT2D eigenvalue weighted by Gasteiger charge is -2.34. The van der Waals surface area contributed by atoms with Gasteiger partial charge in [0.2, 0.25) is 10.0 Å². The molecule has 19 heavy (non-hydrogen) atoms. The van der Waals surface area contributed by atoms with E-state index in [2.05, 4.69) is 0 Å². The summed E-state index contributed by atoms with van der Waals surface area (Å²) in [4.78, 5) is 0.136. The number of sulfonamides is 1. The van der Waals surface area contributed by atoms with Crippen molar-refractivity contribution >= 4 is 27.3 Å². The van der Waals surface area contributed by atoms with Crippen molar-refractivity contribution in [2.75, 3.05) is 19.3 Å². The molecule has 0 heterocycles. The van der Waals surface area contributed by atoms with Crippen LogP contribution in [0.15, 0.2) is 23.1 Å². The maximum atomic E-state index is 12.3. The van der Waals surface area contributed by atoms with Crippen molar-refractivity contribution in [3.63, 3.8) is 0 Å². The maximum absolute atomic E-state index is 12.3. The zero-order valence-corrected chi connectivity index (χ0v) is 12.2. The molecule has 1 aromatic carbocycles. The van der Waals surface area contributed by atoms with Crippen LogP contribution in [0.1, 0.15) is 12.8 Å². The molecule has 0 aromatic heterocycles. The first-order valence-electron chi connectivity index (χ1n) is 6.00. The third-order valence-corrected chi connectivity index (χ3v) is 5.57. The lowest BCUT2D eigenvalue weighted by molar-refractivity contribution is 0.0367. The number of rotatable bonds is 4. The number of aliphatic hydroxyl groups is 1. The van der Waals surface area contributed by atoms with Crippen LogP contribution in [-0.4, -0.2) is 37.5 Å². The largest absolute Gasteiger partial charge is 0.397 e. The fourth-order valence-corrected chi connectivity index (χ4v) is 3.57. The lowest BCUT2D eigenvalue weighted by atomic mass is 9.82. The van der Waals surface area contributed by atoms with Crippen LogP contribution in [0.4, 0.5) is 5.69 Å². The second-order valence-electron chi connectivity index (χ2n) is 4.96. The van der Waals surface area contributed by atoms with Crippen molar-refractivity contribution in [1.29, 1.82) is 0 Å². The number of hydrogen-bond donors (Lipinski definition) is 2. The molecule has 0 amide bonds. The van der Waals surface area contributed by atoms with Crippen LogP contribution in [0.3, 0.4) is 0 Å². The fraction of sp³-hybridized carbons (Fsp3) is 0.500. The van der Waals surface area contributed by atoms with Crippen molar-refractivity contribution in [2.24, 2.45) is 5.92 Å². The number of halogens is 1. The zero-order chi connectivity index (χ0) is 14.2. The molecule has 0 atom stereocenters. The van der Waals surface area contributed by atoms with Gasteiger partial charge >= 0.3 is 0 Å². The van der Waals surface area contributed by atoms with Gasteiger partial charge in [0.05, 0.1) is 21.7 Å². The highest BCUT2D eigenvalue weighted by Crippen LogP contribution is 2.30. The number of benzene rings is 1. The Morgan fingerprint density at radius 3 is 2.63 bits per heavy atom. The van der Waals surface area contributed by atoms with Crippen LogP contribution in [0.5, 0.6) is 0 Å². The Morgan fingerprint density at radius 2 is 2.11 bits per heavy atom. The van der Waals surface area contributed by atoms with E-state index in [1.54, 1.807) is 0 Å². The van der Waals surface area contributed by atoms with Gasteiger partial charge in [0.15, 0.2) is 0 Å². The average Bonchev–Trinajstić information content (AvgIpc) is 2.30. The minimum atomic E-state index is -3.55. The topological polar surface area (TPSA) is 83.6 Å². The quantitative estimate of drug-likeness (QED) is 0.822. The summed E-state index contributed by atoms with van der Waals surface area (Å²) < 4.78 is 25.9. The molecule has 106 valence electrons. The molecule has 0 spiro atoms. The summed E-state index contributed by atoms with van der Waals surface area (Å²) in [5.74, 6) is 0.222. The van der Waals surface area contributed by atoms with Crippen molar-refractivity contribution in [2.45, 2.75) is 23.8 Å². The number of nitrogen functional groups attached to an aromatic ring is 1. The van der Waals surface area contributed by atoms with Gasteiger partial charge in [0.1, 0.15) is 0 Å². The standard InChI is InChI=1S/C12H17ClN2O3S/c1-15(7-8-4-9(16)5-8)19(17,18)10-2-3-11(13)12(14)6-10/h2-3,6,8-9,16H,4-5,7,14H2,1H3. The van der Waals surface area contributed by atoms with Gasteiger partial charge in [-0.25, -0.2) is 12.7 Å². The minimum Gasteiger partial charge on any atom is -0.397 e. The summed E-state index contributed by atoms with van der Waals surface area (Å²) in [6.45, 7) is 0.405. The van der Waals surface area contributed by atoms with Gasteiger partial charge in [-0.2, -0.15) is 0 Å². The smallest absolute Gasteiger partial charge is 0.242 e. The van der Waals surface area contributed by atoms with Gasteiger partial charge in [-0.15, -0.1) is 0 Å². The highest BCUT2D eigenvalue weighted by molar-refractivity contribution is 7.89. The Labute approximate surface area is 118 Å². The molecule has 7 heteroatoms. The number of anilines is 1. The van der Waals surface area contributed by atoms with Gasteiger partial charge in [-0.1, -0.05) is 11.6 Å². The summed E-state index contributed by atoms with van der Waals surface area (Å²) in [6.07, 6.45) is 1.03. The first-order chi connectivity index (χ1) is 8.80. The molecule has 0 bridgehead atoms.